The maximum absolute atomic E-state index is 13.1. The molecule has 0 aliphatic rings. The molecule has 0 unspecified atom stereocenters. The van der Waals surface area contributed by atoms with Crippen LogP contribution in [0.3, 0.4) is 0 Å². The Morgan fingerprint density at radius 3 is 2.53 bits per heavy atom. The van der Waals surface area contributed by atoms with E-state index in [1.54, 1.807) is 17.9 Å². The molecule has 9 heteroatoms. The van der Waals surface area contributed by atoms with Gasteiger partial charge in [0.1, 0.15) is 16.2 Å². The Kier molecular flexibility index (Phi) is 8.13. The average Bonchev–Trinajstić information content (AvgIpc) is 3.36. The van der Waals surface area contributed by atoms with E-state index in [2.05, 4.69) is 4.98 Å². The first-order valence-corrected chi connectivity index (χ1v) is 12.0. The summed E-state index contributed by atoms with van der Waals surface area (Å²) >= 11 is 2.57. The Labute approximate surface area is 193 Å². The van der Waals surface area contributed by atoms with E-state index in [9.17, 15) is 14.4 Å². The first-order chi connectivity index (χ1) is 15.5. The van der Waals surface area contributed by atoms with E-state index in [0.717, 1.165) is 22.6 Å². The Morgan fingerprint density at radius 2 is 1.88 bits per heavy atom. The minimum Gasteiger partial charge on any atom is -0.463 e. The van der Waals surface area contributed by atoms with Crippen molar-refractivity contribution in [3.63, 3.8) is 0 Å². The second-order valence-corrected chi connectivity index (χ2v) is 8.69. The van der Waals surface area contributed by atoms with E-state index in [-0.39, 0.29) is 24.6 Å². The third-order valence-corrected chi connectivity index (χ3v) is 6.57. The van der Waals surface area contributed by atoms with E-state index in [4.69, 9.17) is 4.74 Å². The lowest BCUT2D eigenvalue weighted by Crippen LogP contribution is -2.40. The smallest absolute Gasteiger partial charge is 0.333 e. The zero-order chi connectivity index (χ0) is 23.1. The van der Waals surface area contributed by atoms with Gasteiger partial charge in [0.05, 0.1) is 22.9 Å². The number of aromatic nitrogens is 2. The molecule has 0 atom stereocenters. The number of hydrogen-bond donors (Lipinski definition) is 0. The highest BCUT2D eigenvalue weighted by Gasteiger charge is 2.15. The van der Waals surface area contributed by atoms with Gasteiger partial charge in [-0.05, 0) is 26.8 Å². The van der Waals surface area contributed by atoms with E-state index in [0.29, 0.717) is 27.3 Å². The van der Waals surface area contributed by atoms with Gasteiger partial charge in [-0.2, -0.15) is 0 Å². The fourth-order valence-corrected chi connectivity index (χ4v) is 4.94. The quantitative estimate of drug-likeness (QED) is 0.470. The molecular formula is C23H25N3O4S2. The van der Waals surface area contributed by atoms with Gasteiger partial charge >= 0.3 is 5.97 Å². The summed E-state index contributed by atoms with van der Waals surface area (Å²) in [7, 11) is 0. The molecule has 1 amide bonds. The van der Waals surface area contributed by atoms with Crippen LogP contribution in [0.4, 0.5) is 0 Å². The Balaban J connectivity index is 2.04. The standard InChI is InChI=1S/C23H25N3O4S2/c1-4-25(5-2)20(27)14-26-21(13-22(28)30-6-3)32-18(23(26)29)12-19-24-17(15-31-19)16-10-8-7-9-11-16/h7-13,15H,4-6,14H2,1-3H3/b18-12+,21-13+. The van der Waals surface area contributed by atoms with Crippen LogP contribution in [0.2, 0.25) is 0 Å². The summed E-state index contributed by atoms with van der Waals surface area (Å²) in [6.07, 6.45) is 2.96. The Hall–Kier alpha value is -3.04. The molecule has 2 aromatic heterocycles. The van der Waals surface area contributed by atoms with Crippen LogP contribution in [0.5, 0.6) is 0 Å². The zero-order valence-corrected chi connectivity index (χ0v) is 19.9. The molecule has 0 saturated heterocycles. The fraction of sp³-hybridized carbons (Fsp3) is 0.304. The normalized spacial score (nSPS) is 12.2. The number of carbonyl (C=O) groups excluding carboxylic acids is 2. The van der Waals surface area contributed by atoms with Crippen molar-refractivity contribution in [2.75, 3.05) is 19.7 Å². The molecule has 0 bridgehead atoms. The van der Waals surface area contributed by atoms with Crippen molar-refractivity contribution >= 4 is 46.7 Å². The highest BCUT2D eigenvalue weighted by atomic mass is 32.1. The second-order valence-electron chi connectivity index (χ2n) is 6.74. The number of esters is 1. The lowest BCUT2D eigenvalue weighted by Gasteiger charge is -2.18. The van der Waals surface area contributed by atoms with Crippen LogP contribution in [-0.2, 0) is 20.9 Å². The minimum absolute atomic E-state index is 0.136. The summed E-state index contributed by atoms with van der Waals surface area (Å²) in [4.78, 5) is 44.0. The molecule has 3 aromatic rings. The van der Waals surface area contributed by atoms with E-state index in [1.165, 1.54) is 22.0 Å². The van der Waals surface area contributed by atoms with Crippen molar-refractivity contribution in [2.24, 2.45) is 0 Å². The Bertz CT molecular complexity index is 1250. The van der Waals surface area contributed by atoms with Gasteiger partial charge in [-0.15, -0.1) is 22.7 Å². The van der Waals surface area contributed by atoms with E-state index < -0.39 is 5.97 Å². The first-order valence-electron chi connectivity index (χ1n) is 10.3. The van der Waals surface area contributed by atoms with Crippen molar-refractivity contribution in [3.05, 3.63) is 60.3 Å². The highest BCUT2D eigenvalue weighted by molar-refractivity contribution is 7.11. The highest BCUT2D eigenvalue weighted by Crippen LogP contribution is 2.21. The SMILES string of the molecule is CCOC(=O)/C=c1/s/c(=C/c2nc(-c3ccccc3)cs2)c(=O)n1CC(=O)N(CC)CC. The van der Waals surface area contributed by atoms with Crippen LogP contribution in [0.25, 0.3) is 23.4 Å². The molecule has 0 saturated carbocycles. The molecule has 0 aliphatic carbocycles. The molecule has 0 aliphatic heterocycles. The number of hydrogen-bond acceptors (Lipinski definition) is 7. The predicted octanol–water partition coefficient (Wildman–Crippen LogP) is 2.07. The van der Waals surface area contributed by atoms with Crippen LogP contribution in [-0.4, -0.2) is 46.0 Å². The van der Waals surface area contributed by atoms with Gasteiger partial charge in [-0.1, -0.05) is 30.3 Å². The fourth-order valence-electron chi connectivity index (χ4n) is 3.10. The topological polar surface area (TPSA) is 81.5 Å². The third-order valence-electron chi connectivity index (χ3n) is 4.72. The van der Waals surface area contributed by atoms with Gasteiger partial charge < -0.3 is 9.64 Å². The largest absolute Gasteiger partial charge is 0.463 e. The van der Waals surface area contributed by atoms with Crippen molar-refractivity contribution < 1.29 is 14.3 Å². The summed E-state index contributed by atoms with van der Waals surface area (Å²) in [6, 6.07) is 9.78. The van der Waals surface area contributed by atoms with Gasteiger partial charge in [0.2, 0.25) is 5.91 Å². The molecule has 0 spiro atoms. The van der Waals surface area contributed by atoms with Crippen molar-refractivity contribution in [1.29, 1.82) is 0 Å². The molecule has 0 radical (unpaired) electrons. The lowest BCUT2D eigenvalue weighted by molar-refractivity contribution is -0.135. The molecule has 1 aromatic carbocycles. The molecule has 0 fully saturated rings. The number of thiazole rings is 2. The number of carbonyl (C=O) groups is 2. The van der Waals surface area contributed by atoms with Crippen LogP contribution < -0.4 is 14.8 Å². The van der Waals surface area contributed by atoms with Gasteiger partial charge in [0, 0.05) is 24.0 Å². The summed E-state index contributed by atoms with van der Waals surface area (Å²) < 4.78 is 7.11. The summed E-state index contributed by atoms with van der Waals surface area (Å²) in [5.74, 6) is -0.731. The third kappa shape index (κ3) is 5.60. The molecule has 32 heavy (non-hydrogen) atoms. The van der Waals surface area contributed by atoms with Gasteiger partial charge in [0.15, 0.2) is 0 Å². The Morgan fingerprint density at radius 1 is 1.16 bits per heavy atom. The lowest BCUT2D eigenvalue weighted by atomic mass is 10.2. The second kappa shape index (κ2) is 11.0. The first kappa shape index (κ1) is 23.6. The predicted molar refractivity (Wildman–Crippen MR) is 128 cm³/mol. The number of rotatable bonds is 8. The monoisotopic (exact) mass is 471 g/mol. The van der Waals surface area contributed by atoms with Gasteiger partial charge in [-0.3, -0.25) is 14.2 Å². The van der Waals surface area contributed by atoms with Crippen molar-refractivity contribution in [2.45, 2.75) is 27.3 Å². The number of benzene rings is 1. The molecule has 2 heterocycles. The number of nitrogens with zero attached hydrogens (tertiary/aromatic N) is 3. The van der Waals surface area contributed by atoms with Crippen molar-refractivity contribution in [3.8, 4) is 11.3 Å². The van der Waals surface area contributed by atoms with Crippen LogP contribution in [0, 0.1) is 0 Å². The van der Waals surface area contributed by atoms with Crippen LogP contribution in [0.15, 0.2) is 40.5 Å². The number of amides is 1. The van der Waals surface area contributed by atoms with E-state index >= 15 is 0 Å². The van der Waals surface area contributed by atoms with Crippen molar-refractivity contribution in [1.82, 2.24) is 14.5 Å². The van der Waals surface area contributed by atoms with E-state index in [1.807, 2.05) is 49.6 Å². The molecular weight excluding hydrogens is 446 g/mol. The van der Waals surface area contributed by atoms with Crippen LogP contribution >= 0.6 is 22.7 Å². The summed E-state index contributed by atoms with van der Waals surface area (Å²) in [5.41, 5.74) is 1.49. The van der Waals surface area contributed by atoms with Crippen LogP contribution in [0.1, 0.15) is 25.8 Å². The summed E-state index contributed by atoms with van der Waals surface area (Å²) in [6.45, 7) is 6.66. The summed E-state index contributed by atoms with van der Waals surface area (Å²) in [5, 5.41) is 2.61. The molecule has 168 valence electrons. The molecule has 0 N–H and O–H groups in total. The van der Waals surface area contributed by atoms with Gasteiger partial charge in [0.25, 0.3) is 5.56 Å². The number of likely N-dealkylation sites (N-methyl/N-ethyl adjacent to an activating group) is 1. The maximum atomic E-state index is 13.1. The molecule has 7 nitrogen and oxygen atoms in total. The maximum Gasteiger partial charge on any atom is 0.333 e. The molecule has 3 rings (SSSR count). The average molecular weight is 472 g/mol. The van der Waals surface area contributed by atoms with Gasteiger partial charge in [-0.25, -0.2) is 9.78 Å². The number of ether oxygens (including phenoxy) is 1. The minimum atomic E-state index is -0.551. The zero-order valence-electron chi connectivity index (χ0n) is 18.2.